The molecule has 0 aliphatic heterocycles. The predicted octanol–water partition coefficient (Wildman–Crippen LogP) is 2.95. The largest absolute Gasteiger partial charge is 0.366 e. The Bertz CT molecular complexity index is 454. The van der Waals surface area contributed by atoms with E-state index < -0.39 is 16.4 Å². The lowest BCUT2D eigenvalue weighted by molar-refractivity contribution is -0.386. The molecule has 1 rings (SSSR count). The van der Waals surface area contributed by atoms with Crippen molar-refractivity contribution in [2.75, 3.05) is 5.32 Å². The van der Waals surface area contributed by atoms with Crippen molar-refractivity contribution in [3.8, 4) is 12.3 Å². The Labute approximate surface area is 99.0 Å². The summed E-state index contributed by atoms with van der Waals surface area (Å²) in [6, 6.07) is 3.57. The highest BCUT2D eigenvalue weighted by molar-refractivity contribution is 5.63. The Balaban J connectivity index is 3.02. The van der Waals surface area contributed by atoms with E-state index in [2.05, 4.69) is 11.2 Å². The Kier molecular flexibility index (Phi) is 4.46. The molecule has 4 nitrogen and oxygen atoms in total. The minimum atomic E-state index is -0.868. The molecule has 0 aliphatic rings. The first kappa shape index (κ1) is 13.0. The topological polar surface area (TPSA) is 55.2 Å². The van der Waals surface area contributed by atoms with E-state index in [1.54, 1.807) is 0 Å². The van der Waals surface area contributed by atoms with Gasteiger partial charge in [0.05, 0.1) is 11.0 Å². The first-order chi connectivity index (χ1) is 8.10. The van der Waals surface area contributed by atoms with E-state index in [1.807, 2.05) is 6.92 Å². The maximum atomic E-state index is 13.3. The number of nitro benzene ring substituents is 1. The third-order valence-corrected chi connectivity index (χ3v) is 2.28. The van der Waals surface area contributed by atoms with Crippen molar-refractivity contribution in [3.05, 3.63) is 34.1 Å². The molecule has 1 N–H and O–H groups in total. The number of para-hydroxylation sites is 1. The summed E-state index contributed by atoms with van der Waals surface area (Å²) in [6.45, 7) is 1.95. The van der Waals surface area contributed by atoms with Gasteiger partial charge in [-0.25, -0.2) is 0 Å². The average molecular weight is 236 g/mol. The number of anilines is 1. The number of rotatable bonds is 5. The minimum Gasteiger partial charge on any atom is -0.366 e. The predicted molar refractivity (Wildman–Crippen MR) is 64.2 cm³/mol. The monoisotopic (exact) mass is 236 g/mol. The summed E-state index contributed by atoms with van der Waals surface area (Å²) in [5.41, 5.74) is -0.449. The summed E-state index contributed by atoms with van der Waals surface area (Å²) in [6.07, 6.45) is 6.80. The minimum absolute atomic E-state index is 0.117. The van der Waals surface area contributed by atoms with Gasteiger partial charge in [0.1, 0.15) is 5.69 Å². The standard InChI is InChI=1S/C12H13FN2O2/c1-3-6-9(4-2)14-11-8-5-7-10(13)12(11)15(16)17/h2,5,7-9,14H,3,6H2,1H3. The van der Waals surface area contributed by atoms with Crippen LogP contribution in [0.3, 0.4) is 0 Å². The van der Waals surface area contributed by atoms with Crippen LogP contribution in [0.15, 0.2) is 18.2 Å². The van der Waals surface area contributed by atoms with Gasteiger partial charge in [-0.2, -0.15) is 4.39 Å². The highest BCUT2D eigenvalue weighted by atomic mass is 19.1. The van der Waals surface area contributed by atoms with Crippen LogP contribution in [0.4, 0.5) is 15.8 Å². The quantitative estimate of drug-likeness (QED) is 0.486. The number of halogens is 1. The van der Waals surface area contributed by atoms with Crippen LogP contribution in [0.1, 0.15) is 19.8 Å². The summed E-state index contributed by atoms with van der Waals surface area (Å²) in [5, 5.41) is 13.5. The van der Waals surface area contributed by atoms with Gasteiger partial charge in [-0.15, -0.1) is 6.42 Å². The number of hydrogen-bond donors (Lipinski definition) is 1. The second-order valence-electron chi connectivity index (χ2n) is 3.55. The lowest BCUT2D eigenvalue weighted by Gasteiger charge is -2.13. The SMILES string of the molecule is C#CC(CCC)Nc1cccc(F)c1[N+](=O)[O-]. The Morgan fingerprint density at radius 3 is 2.88 bits per heavy atom. The molecule has 0 spiro atoms. The number of terminal acetylenes is 1. The molecule has 1 unspecified atom stereocenters. The van der Waals surface area contributed by atoms with Crippen LogP contribution in [-0.4, -0.2) is 11.0 Å². The van der Waals surface area contributed by atoms with Gasteiger partial charge < -0.3 is 5.32 Å². The molecule has 0 aliphatic carbocycles. The van der Waals surface area contributed by atoms with Crippen LogP contribution in [0.2, 0.25) is 0 Å². The van der Waals surface area contributed by atoms with Gasteiger partial charge in [0.25, 0.3) is 0 Å². The number of nitro groups is 1. The van der Waals surface area contributed by atoms with E-state index in [1.165, 1.54) is 12.1 Å². The highest BCUT2D eigenvalue weighted by Crippen LogP contribution is 2.28. The van der Waals surface area contributed by atoms with E-state index >= 15 is 0 Å². The molecular formula is C12H13FN2O2. The molecule has 5 heteroatoms. The van der Waals surface area contributed by atoms with Crippen molar-refractivity contribution < 1.29 is 9.31 Å². The van der Waals surface area contributed by atoms with Gasteiger partial charge in [-0.1, -0.05) is 25.3 Å². The Morgan fingerprint density at radius 2 is 2.35 bits per heavy atom. The molecule has 1 aromatic carbocycles. The zero-order valence-corrected chi connectivity index (χ0v) is 9.44. The molecule has 90 valence electrons. The van der Waals surface area contributed by atoms with Crippen molar-refractivity contribution in [2.24, 2.45) is 0 Å². The third kappa shape index (κ3) is 3.18. The van der Waals surface area contributed by atoms with Crippen molar-refractivity contribution >= 4 is 11.4 Å². The Hall–Kier alpha value is -2.09. The van der Waals surface area contributed by atoms with Crippen LogP contribution < -0.4 is 5.32 Å². The summed E-state index contributed by atoms with van der Waals surface area (Å²) in [4.78, 5) is 9.99. The van der Waals surface area contributed by atoms with Crippen molar-refractivity contribution in [1.82, 2.24) is 0 Å². The third-order valence-electron chi connectivity index (χ3n) is 2.28. The number of benzene rings is 1. The molecule has 1 aromatic rings. The average Bonchev–Trinajstić information content (AvgIpc) is 2.28. The van der Waals surface area contributed by atoms with Gasteiger partial charge >= 0.3 is 5.69 Å². The van der Waals surface area contributed by atoms with Crippen LogP contribution in [-0.2, 0) is 0 Å². The molecule has 0 radical (unpaired) electrons. The zero-order valence-electron chi connectivity index (χ0n) is 9.44. The first-order valence-electron chi connectivity index (χ1n) is 5.25. The normalized spacial score (nSPS) is 11.6. The van der Waals surface area contributed by atoms with Crippen molar-refractivity contribution in [3.63, 3.8) is 0 Å². The molecule has 0 saturated carbocycles. The molecule has 0 heterocycles. The highest BCUT2D eigenvalue weighted by Gasteiger charge is 2.20. The molecule has 0 aromatic heterocycles. The summed E-state index contributed by atoms with van der Waals surface area (Å²) in [5.74, 6) is 1.61. The summed E-state index contributed by atoms with van der Waals surface area (Å²) in [7, 11) is 0. The van der Waals surface area contributed by atoms with Crippen molar-refractivity contribution in [2.45, 2.75) is 25.8 Å². The van der Waals surface area contributed by atoms with Crippen LogP contribution >= 0.6 is 0 Å². The molecular weight excluding hydrogens is 223 g/mol. The van der Waals surface area contributed by atoms with Gasteiger partial charge in [-0.05, 0) is 18.6 Å². The molecule has 17 heavy (non-hydrogen) atoms. The maximum Gasteiger partial charge on any atom is 0.327 e. The van der Waals surface area contributed by atoms with Crippen LogP contribution in [0.5, 0.6) is 0 Å². The molecule has 0 fully saturated rings. The fourth-order valence-corrected chi connectivity index (χ4v) is 1.49. The van der Waals surface area contributed by atoms with E-state index in [-0.39, 0.29) is 11.7 Å². The van der Waals surface area contributed by atoms with E-state index in [0.717, 1.165) is 12.5 Å². The lowest BCUT2D eigenvalue weighted by Crippen LogP contribution is -2.17. The lowest BCUT2D eigenvalue weighted by atomic mass is 10.1. The van der Waals surface area contributed by atoms with E-state index in [9.17, 15) is 14.5 Å². The van der Waals surface area contributed by atoms with Gasteiger partial charge in [-0.3, -0.25) is 10.1 Å². The van der Waals surface area contributed by atoms with E-state index in [0.29, 0.717) is 6.42 Å². The van der Waals surface area contributed by atoms with E-state index in [4.69, 9.17) is 6.42 Å². The van der Waals surface area contributed by atoms with Gasteiger partial charge in [0.2, 0.25) is 5.82 Å². The summed E-state index contributed by atoms with van der Waals surface area (Å²) >= 11 is 0. The van der Waals surface area contributed by atoms with Gasteiger partial charge in [0.15, 0.2) is 0 Å². The summed E-state index contributed by atoms with van der Waals surface area (Å²) < 4.78 is 13.3. The first-order valence-corrected chi connectivity index (χ1v) is 5.25. The molecule has 0 saturated heterocycles. The van der Waals surface area contributed by atoms with Crippen LogP contribution in [0.25, 0.3) is 0 Å². The second kappa shape index (κ2) is 5.85. The Morgan fingerprint density at radius 1 is 1.65 bits per heavy atom. The number of nitrogens with one attached hydrogen (secondary N) is 1. The van der Waals surface area contributed by atoms with Gasteiger partial charge in [0, 0.05) is 0 Å². The molecule has 0 amide bonds. The second-order valence-corrected chi connectivity index (χ2v) is 3.55. The smallest absolute Gasteiger partial charge is 0.327 e. The number of nitrogens with zero attached hydrogens (tertiary/aromatic N) is 1. The molecule has 0 bridgehead atoms. The zero-order chi connectivity index (χ0) is 12.8. The fraction of sp³-hybridized carbons (Fsp3) is 0.333. The van der Waals surface area contributed by atoms with Crippen LogP contribution in [0, 0.1) is 28.3 Å². The van der Waals surface area contributed by atoms with Crippen molar-refractivity contribution in [1.29, 1.82) is 0 Å². The molecule has 1 atom stereocenters. The number of hydrogen-bond acceptors (Lipinski definition) is 3. The fourth-order valence-electron chi connectivity index (χ4n) is 1.49. The maximum absolute atomic E-state index is 13.3.